The van der Waals surface area contributed by atoms with Crippen molar-refractivity contribution in [3.8, 4) is 5.75 Å². The third-order valence-electron chi connectivity index (χ3n) is 2.76. The number of rotatable bonds is 4. The van der Waals surface area contributed by atoms with Crippen molar-refractivity contribution in [1.82, 2.24) is 0 Å². The van der Waals surface area contributed by atoms with E-state index in [1.165, 1.54) is 7.11 Å². The van der Waals surface area contributed by atoms with E-state index in [0.29, 0.717) is 0 Å². The molecule has 0 aromatic heterocycles. The van der Waals surface area contributed by atoms with Crippen LogP contribution in [0.25, 0.3) is 0 Å². The molecule has 0 aliphatic carbocycles. The predicted molar refractivity (Wildman–Crippen MR) is 90.0 cm³/mol. The molecule has 0 fully saturated rings. The summed E-state index contributed by atoms with van der Waals surface area (Å²) < 4.78 is 15.6. The summed E-state index contributed by atoms with van der Waals surface area (Å²) in [5.41, 5.74) is -2.61. The van der Waals surface area contributed by atoms with Crippen molar-refractivity contribution < 1.29 is 28.7 Å². The zero-order valence-corrected chi connectivity index (χ0v) is 15.5. The second-order valence-corrected chi connectivity index (χ2v) is 7.30. The maximum absolute atomic E-state index is 12.6. The molecule has 0 bridgehead atoms. The Bertz CT molecular complexity index is 696. The molecule has 0 saturated carbocycles. The van der Waals surface area contributed by atoms with Gasteiger partial charge in [-0.3, -0.25) is 10.1 Å². The van der Waals surface area contributed by atoms with Gasteiger partial charge in [-0.05, 0) is 47.6 Å². The van der Waals surface area contributed by atoms with Crippen LogP contribution in [0.3, 0.4) is 0 Å². The van der Waals surface area contributed by atoms with Crippen molar-refractivity contribution in [3.63, 3.8) is 0 Å². The lowest BCUT2D eigenvalue weighted by Crippen LogP contribution is -2.28. The summed E-state index contributed by atoms with van der Waals surface area (Å²) in [5, 5.41) is 11.2. The molecule has 0 aliphatic heterocycles. The van der Waals surface area contributed by atoms with Crippen LogP contribution in [0.5, 0.6) is 5.75 Å². The fourth-order valence-corrected chi connectivity index (χ4v) is 1.96. The number of methoxy groups -OCH3 is 1. The summed E-state index contributed by atoms with van der Waals surface area (Å²) in [6, 6.07) is 2.25. The van der Waals surface area contributed by atoms with Crippen LogP contribution in [0.15, 0.2) is 12.1 Å². The molecule has 0 spiro atoms. The number of esters is 2. The molecule has 1 rings (SSSR count). The highest BCUT2D eigenvalue weighted by Crippen LogP contribution is 2.35. The zero-order chi connectivity index (χ0) is 19.6. The Balaban J connectivity index is 3.59. The van der Waals surface area contributed by atoms with E-state index in [0.717, 1.165) is 12.1 Å². The fourth-order valence-electron chi connectivity index (χ4n) is 1.96. The first kappa shape index (κ1) is 20.4. The first-order valence-corrected chi connectivity index (χ1v) is 7.59. The van der Waals surface area contributed by atoms with Crippen molar-refractivity contribution in [1.29, 1.82) is 0 Å². The molecule has 0 amide bonds. The Hall–Kier alpha value is -2.64. The first-order chi connectivity index (χ1) is 11.3. The van der Waals surface area contributed by atoms with E-state index in [9.17, 15) is 19.7 Å². The normalized spacial score (nSPS) is 11.6. The van der Waals surface area contributed by atoms with Gasteiger partial charge in [0.25, 0.3) is 0 Å². The van der Waals surface area contributed by atoms with Crippen molar-refractivity contribution >= 4 is 17.6 Å². The van der Waals surface area contributed by atoms with Gasteiger partial charge in [0.05, 0.1) is 17.6 Å². The topological polar surface area (TPSA) is 105 Å². The van der Waals surface area contributed by atoms with Gasteiger partial charge < -0.3 is 14.2 Å². The number of ether oxygens (including phenoxy) is 3. The monoisotopic (exact) mass is 353 g/mol. The molecule has 0 heterocycles. The minimum atomic E-state index is -0.908. The molecule has 0 N–H and O–H groups in total. The number of nitro benzene ring substituents is 1. The van der Waals surface area contributed by atoms with E-state index in [1.807, 2.05) is 0 Å². The van der Waals surface area contributed by atoms with Crippen LogP contribution < -0.4 is 4.74 Å². The van der Waals surface area contributed by atoms with E-state index in [-0.39, 0.29) is 16.9 Å². The largest absolute Gasteiger partial charge is 0.490 e. The Kier molecular flexibility index (Phi) is 5.78. The van der Waals surface area contributed by atoms with Gasteiger partial charge in [0.15, 0.2) is 0 Å². The summed E-state index contributed by atoms with van der Waals surface area (Å²) in [6.07, 6.45) is 0. The number of carbonyl (C=O) groups excluding carboxylic acids is 2. The van der Waals surface area contributed by atoms with Crippen LogP contribution in [-0.2, 0) is 9.47 Å². The highest BCUT2D eigenvalue weighted by Gasteiger charge is 2.33. The Morgan fingerprint density at radius 2 is 1.44 bits per heavy atom. The number of hydrogen-bond donors (Lipinski definition) is 0. The van der Waals surface area contributed by atoms with Gasteiger partial charge >= 0.3 is 17.6 Å². The van der Waals surface area contributed by atoms with Crippen LogP contribution in [-0.4, -0.2) is 35.2 Å². The van der Waals surface area contributed by atoms with Crippen LogP contribution in [0.4, 0.5) is 5.69 Å². The lowest BCUT2D eigenvalue weighted by atomic mass is 10.0. The minimum Gasteiger partial charge on any atom is -0.490 e. The summed E-state index contributed by atoms with van der Waals surface area (Å²) >= 11 is 0. The van der Waals surface area contributed by atoms with Gasteiger partial charge in [0, 0.05) is 6.07 Å². The molecule has 0 atom stereocenters. The molecule has 0 radical (unpaired) electrons. The molecular weight excluding hydrogens is 330 g/mol. The lowest BCUT2D eigenvalue weighted by Gasteiger charge is -2.23. The molecule has 138 valence electrons. The summed E-state index contributed by atoms with van der Waals surface area (Å²) in [4.78, 5) is 35.5. The predicted octanol–water partition coefficient (Wildman–Crippen LogP) is 3.51. The third-order valence-corrected chi connectivity index (χ3v) is 2.76. The summed E-state index contributed by atoms with van der Waals surface area (Å²) in [5.74, 6) is -2.06. The molecular formula is C17H23NO7. The average Bonchev–Trinajstić information content (AvgIpc) is 2.41. The fraction of sp³-hybridized carbons (Fsp3) is 0.529. The minimum absolute atomic E-state index is 0.161. The molecule has 8 heteroatoms. The lowest BCUT2D eigenvalue weighted by molar-refractivity contribution is -0.385. The SMILES string of the molecule is COc1c([N+](=O)[O-])ccc(C(=O)OC(C)(C)C)c1C(=O)OC(C)(C)C. The maximum Gasteiger partial charge on any atom is 0.343 e. The average molecular weight is 353 g/mol. The highest BCUT2D eigenvalue weighted by molar-refractivity contribution is 6.06. The van der Waals surface area contributed by atoms with Gasteiger partial charge in [0.1, 0.15) is 16.8 Å². The quantitative estimate of drug-likeness (QED) is 0.463. The van der Waals surface area contributed by atoms with Gasteiger partial charge in [-0.15, -0.1) is 0 Å². The molecule has 25 heavy (non-hydrogen) atoms. The Morgan fingerprint density at radius 1 is 0.960 bits per heavy atom. The van der Waals surface area contributed by atoms with Crippen LogP contribution >= 0.6 is 0 Å². The second kappa shape index (κ2) is 7.08. The Labute approximate surface area is 146 Å². The van der Waals surface area contributed by atoms with Crippen molar-refractivity contribution in [2.75, 3.05) is 7.11 Å². The first-order valence-electron chi connectivity index (χ1n) is 7.59. The standard InChI is InChI=1S/C17H23NO7/c1-16(2,3)24-14(19)10-8-9-11(18(21)22)13(23-7)12(10)15(20)25-17(4,5)6/h8-9H,1-7H3. The molecule has 0 saturated heterocycles. The summed E-state index contributed by atoms with van der Waals surface area (Å²) in [7, 11) is 1.18. The van der Waals surface area contributed by atoms with Crippen LogP contribution in [0.1, 0.15) is 62.3 Å². The zero-order valence-electron chi connectivity index (χ0n) is 15.5. The number of carbonyl (C=O) groups is 2. The van der Waals surface area contributed by atoms with E-state index in [2.05, 4.69) is 0 Å². The van der Waals surface area contributed by atoms with Gasteiger partial charge in [0.2, 0.25) is 5.75 Å². The van der Waals surface area contributed by atoms with Crippen molar-refractivity contribution in [2.24, 2.45) is 0 Å². The smallest absolute Gasteiger partial charge is 0.343 e. The number of benzene rings is 1. The van der Waals surface area contributed by atoms with Crippen molar-refractivity contribution in [3.05, 3.63) is 33.4 Å². The maximum atomic E-state index is 12.6. The molecule has 1 aromatic rings. The van der Waals surface area contributed by atoms with Crippen molar-refractivity contribution in [2.45, 2.75) is 52.7 Å². The third kappa shape index (κ3) is 5.44. The molecule has 0 unspecified atom stereocenters. The van der Waals surface area contributed by atoms with E-state index in [4.69, 9.17) is 14.2 Å². The van der Waals surface area contributed by atoms with Gasteiger partial charge in [-0.25, -0.2) is 9.59 Å². The van der Waals surface area contributed by atoms with E-state index >= 15 is 0 Å². The van der Waals surface area contributed by atoms with E-state index < -0.39 is 33.8 Å². The summed E-state index contributed by atoms with van der Waals surface area (Å²) in [6.45, 7) is 9.92. The molecule has 8 nitrogen and oxygen atoms in total. The molecule has 0 aliphatic rings. The van der Waals surface area contributed by atoms with Gasteiger partial charge in [-0.2, -0.15) is 0 Å². The van der Waals surface area contributed by atoms with E-state index in [1.54, 1.807) is 41.5 Å². The van der Waals surface area contributed by atoms with Crippen LogP contribution in [0.2, 0.25) is 0 Å². The van der Waals surface area contributed by atoms with Gasteiger partial charge in [-0.1, -0.05) is 0 Å². The van der Waals surface area contributed by atoms with Crippen LogP contribution in [0, 0.1) is 10.1 Å². The highest BCUT2D eigenvalue weighted by atomic mass is 16.6. The Morgan fingerprint density at radius 3 is 1.84 bits per heavy atom. The number of nitro groups is 1. The number of nitrogens with zero attached hydrogens (tertiary/aromatic N) is 1. The molecule has 1 aromatic carbocycles. The number of hydrogen-bond acceptors (Lipinski definition) is 7. The second-order valence-electron chi connectivity index (χ2n) is 7.30.